The lowest BCUT2D eigenvalue weighted by atomic mass is 9.53. The van der Waals surface area contributed by atoms with Crippen molar-refractivity contribution >= 4 is 0 Å². The minimum atomic E-state index is -0.650. The van der Waals surface area contributed by atoms with Crippen molar-refractivity contribution in [1.29, 1.82) is 0 Å². The van der Waals surface area contributed by atoms with Gasteiger partial charge < -0.3 is 10.2 Å². The maximum atomic E-state index is 11.4. The highest BCUT2D eigenvalue weighted by Gasteiger charge is 2.59. The van der Waals surface area contributed by atoms with E-state index in [9.17, 15) is 10.2 Å². The summed E-state index contributed by atoms with van der Waals surface area (Å²) in [5, 5.41) is 21.8. The predicted molar refractivity (Wildman–Crippen MR) is 78.2 cm³/mol. The fourth-order valence-corrected chi connectivity index (χ4v) is 5.48. The molecule has 0 aliphatic heterocycles. The van der Waals surface area contributed by atoms with Gasteiger partial charge in [-0.3, -0.25) is 0 Å². The van der Waals surface area contributed by atoms with Crippen LogP contribution < -0.4 is 0 Å². The van der Waals surface area contributed by atoms with Gasteiger partial charge in [0.25, 0.3) is 0 Å². The van der Waals surface area contributed by atoms with Gasteiger partial charge in [0.05, 0.1) is 11.7 Å². The first-order valence-electron chi connectivity index (χ1n) is 8.04. The standard InChI is InChI=1S/C18H24O2/c1-17-10-11-18(20)13-5-3-2-4-12(13)6-7-15(18)14(17)8-9-16(17)19/h2-5,14-16,19-20H,6-11H2,1H3/t14-,15+,16-,17-,18-/m0/s1. The summed E-state index contributed by atoms with van der Waals surface area (Å²) >= 11 is 0. The molecule has 0 bridgehead atoms. The lowest BCUT2D eigenvalue weighted by Crippen LogP contribution is -2.52. The summed E-state index contributed by atoms with van der Waals surface area (Å²) in [6.07, 6.45) is 5.71. The zero-order valence-corrected chi connectivity index (χ0v) is 12.2. The Kier molecular flexibility index (Phi) is 2.62. The smallest absolute Gasteiger partial charge is 0.0930 e. The zero-order valence-electron chi connectivity index (χ0n) is 12.2. The van der Waals surface area contributed by atoms with Gasteiger partial charge in [0.1, 0.15) is 0 Å². The number of aliphatic hydroxyl groups excluding tert-OH is 1. The Morgan fingerprint density at radius 3 is 2.70 bits per heavy atom. The first-order valence-corrected chi connectivity index (χ1v) is 8.04. The van der Waals surface area contributed by atoms with E-state index in [0.717, 1.165) is 38.5 Å². The summed E-state index contributed by atoms with van der Waals surface area (Å²) in [5.41, 5.74) is 1.87. The molecule has 2 nitrogen and oxygen atoms in total. The van der Waals surface area contributed by atoms with Gasteiger partial charge in [-0.25, -0.2) is 0 Å². The van der Waals surface area contributed by atoms with Crippen LogP contribution in [0.25, 0.3) is 0 Å². The van der Waals surface area contributed by atoms with Crippen LogP contribution in [0.1, 0.15) is 50.2 Å². The van der Waals surface area contributed by atoms with Crippen molar-refractivity contribution < 1.29 is 10.2 Å². The quantitative estimate of drug-likeness (QED) is 0.762. The van der Waals surface area contributed by atoms with Crippen molar-refractivity contribution in [2.75, 3.05) is 0 Å². The molecule has 2 heteroatoms. The average molecular weight is 272 g/mol. The van der Waals surface area contributed by atoms with E-state index in [2.05, 4.69) is 31.2 Å². The second kappa shape index (κ2) is 4.08. The molecule has 0 spiro atoms. The highest BCUT2D eigenvalue weighted by molar-refractivity contribution is 5.37. The molecule has 0 radical (unpaired) electrons. The lowest BCUT2D eigenvalue weighted by molar-refractivity contribution is -0.142. The normalized spacial score (nSPS) is 46.5. The Labute approximate surface area is 120 Å². The number of hydrogen-bond donors (Lipinski definition) is 2. The molecule has 1 aromatic rings. The Hall–Kier alpha value is -0.860. The lowest BCUT2D eigenvalue weighted by Gasteiger charge is -2.54. The third-order valence-corrected chi connectivity index (χ3v) is 6.71. The Morgan fingerprint density at radius 2 is 1.85 bits per heavy atom. The molecule has 3 aliphatic carbocycles. The molecule has 5 atom stereocenters. The van der Waals surface area contributed by atoms with E-state index in [4.69, 9.17) is 0 Å². The molecule has 0 saturated heterocycles. The van der Waals surface area contributed by atoms with Crippen molar-refractivity contribution in [3.05, 3.63) is 35.4 Å². The van der Waals surface area contributed by atoms with Gasteiger partial charge in [0, 0.05) is 0 Å². The maximum Gasteiger partial charge on any atom is 0.0930 e. The van der Waals surface area contributed by atoms with E-state index in [1.165, 1.54) is 11.1 Å². The Bertz CT molecular complexity index is 540. The topological polar surface area (TPSA) is 40.5 Å². The van der Waals surface area contributed by atoms with E-state index in [0.29, 0.717) is 11.8 Å². The summed E-state index contributed by atoms with van der Waals surface area (Å²) in [4.78, 5) is 0. The maximum absolute atomic E-state index is 11.4. The van der Waals surface area contributed by atoms with Crippen LogP contribution in [-0.4, -0.2) is 16.3 Å². The van der Waals surface area contributed by atoms with Crippen LogP contribution in [0.5, 0.6) is 0 Å². The fraction of sp³-hybridized carbons (Fsp3) is 0.667. The molecule has 108 valence electrons. The molecule has 0 unspecified atom stereocenters. The molecule has 2 saturated carbocycles. The van der Waals surface area contributed by atoms with Gasteiger partial charge in [0.2, 0.25) is 0 Å². The summed E-state index contributed by atoms with van der Waals surface area (Å²) in [7, 11) is 0. The van der Waals surface area contributed by atoms with Gasteiger partial charge in [-0.15, -0.1) is 0 Å². The Balaban J connectivity index is 1.79. The van der Waals surface area contributed by atoms with E-state index in [1.807, 2.05) is 0 Å². The van der Waals surface area contributed by atoms with Gasteiger partial charge >= 0.3 is 0 Å². The average Bonchev–Trinajstić information content (AvgIpc) is 2.75. The molecule has 20 heavy (non-hydrogen) atoms. The third kappa shape index (κ3) is 1.47. The first kappa shape index (κ1) is 12.8. The predicted octanol–water partition coefficient (Wildman–Crippen LogP) is 3.01. The van der Waals surface area contributed by atoms with Crippen LogP contribution >= 0.6 is 0 Å². The molecular formula is C18H24O2. The number of aryl methyl sites for hydroxylation is 1. The summed E-state index contributed by atoms with van der Waals surface area (Å²) < 4.78 is 0. The minimum absolute atomic E-state index is 0.0309. The molecule has 2 N–H and O–H groups in total. The van der Waals surface area contributed by atoms with Crippen LogP contribution in [0.4, 0.5) is 0 Å². The number of aliphatic hydroxyl groups is 2. The SMILES string of the molecule is C[C@]12CC[C@]3(O)c4ccccc4CC[C@@H]3[C@@H]1CC[C@@H]2O. The number of hydrogen-bond acceptors (Lipinski definition) is 2. The summed E-state index contributed by atoms with van der Waals surface area (Å²) in [6, 6.07) is 8.42. The number of benzene rings is 1. The highest BCUT2D eigenvalue weighted by Crippen LogP contribution is 2.62. The Morgan fingerprint density at radius 1 is 1.05 bits per heavy atom. The fourth-order valence-electron chi connectivity index (χ4n) is 5.48. The number of rotatable bonds is 0. The largest absolute Gasteiger partial charge is 0.393 e. The molecule has 4 rings (SSSR count). The van der Waals surface area contributed by atoms with Crippen LogP contribution in [-0.2, 0) is 12.0 Å². The minimum Gasteiger partial charge on any atom is -0.393 e. The molecule has 0 heterocycles. The van der Waals surface area contributed by atoms with Crippen molar-refractivity contribution in [2.24, 2.45) is 17.3 Å². The van der Waals surface area contributed by atoms with Gasteiger partial charge in [-0.2, -0.15) is 0 Å². The molecule has 3 aliphatic rings. The molecule has 1 aromatic carbocycles. The van der Waals surface area contributed by atoms with Crippen LogP contribution in [0.15, 0.2) is 24.3 Å². The van der Waals surface area contributed by atoms with Crippen LogP contribution in [0, 0.1) is 17.3 Å². The summed E-state index contributed by atoms with van der Waals surface area (Å²) in [5.74, 6) is 0.804. The first-order chi connectivity index (χ1) is 9.56. The summed E-state index contributed by atoms with van der Waals surface area (Å²) in [6.45, 7) is 2.25. The van der Waals surface area contributed by atoms with Crippen molar-refractivity contribution in [3.63, 3.8) is 0 Å². The highest BCUT2D eigenvalue weighted by atomic mass is 16.3. The van der Waals surface area contributed by atoms with E-state index < -0.39 is 5.60 Å². The van der Waals surface area contributed by atoms with Crippen molar-refractivity contribution in [1.82, 2.24) is 0 Å². The van der Waals surface area contributed by atoms with Gasteiger partial charge in [-0.05, 0) is 66.9 Å². The van der Waals surface area contributed by atoms with Crippen molar-refractivity contribution in [2.45, 2.75) is 57.2 Å². The van der Waals surface area contributed by atoms with Gasteiger partial charge in [0.15, 0.2) is 0 Å². The van der Waals surface area contributed by atoms with E-state index in [-0.39, 0.29) is 11.5 Å². The van der Waals surface area contributed by atoms with Crippen molar-refractivity contribution in [3.8, 4) is 0 Å². The van der Waals surface area contributed by atoms with Crippen LogP contribution in [0.3, 0.4) is 0 Å². The molecule has 0 amide bonds. The monoisotopic (exact) mass is 272 g/mol. The molecule has 2 fully saturated rings. The second-order valence-corrected chi connectivity index (χ2v) is 7.43. The van der Waals surface area contributed by atoms with Gasteiger partial charge in [-0.1, -0.05) is 31.2 Å². The van der Waals surface area contributed by atoms with Crippen LogP contribution in [0.2, 0.25) is 0 Å². The van der Waals surface area contributed by atoms with E-state index >= 15 is 0 Å². The van der Waals surface area contributed by atoms with E-state index in [1.54, 1.807) is 0 Å². The zero-order chi connectivity index (χ0) is 14.0. The number of fused-ring (bicyclic) bond motifs is 5. The second-order valence-electron chi connectivity index (χ2n) is 7.43. The third-order valence-electron chi connectivity index (χ3n) is 6.71. The molecular weight excluding hydrogens is 248 g/mol. The molecule has 0 aromatic heterocycles.